The van der Waals surface area contributed by atoms with E-state index < -0.39 is 0 Å². The van der Waals surface area contributed by atoms with Crippen molar-refractivity contribution < 1.29 is 4.74 Å². The van der Waals surface area contributed by atoms with E-state index in [-0.39, 0.29) is 0 Å². The van der Waals surface area contributed by atoms with Crippen LogP contribution in [0.25, 0.3) is 11.3 Å². The van der Waals surface area contributed by atoms with E-state index in [1.54, 1.807) is 24.8 Å². The van der Waals surface area contributed by atoms with E-state index in [2.05, 4.69) is 28.3 Å². The number of anilines is 2. The highest BCUT2D eigenvalue weighted by atomic mass is 32.1. The molecular weight excluding hydrogens is 308 g/mol. The summed E-state index contributed by atoms with van der Waals surface area (Å²) in [6.07, 6.45) is 1.55. The summed E-state index contributed by atoms with van der Waals surface area (Å²) in [6, 6.07) is 8.00. The Bertz CT molecular complexity index is 844. The number of thiazole rings is 1. The molecule has 0 aliphatic rings. The Morgan fingerprint density at radius 1 is 1.09 bits per heavy atom. The molecule has 3 rings (SSSR count). The van der Waals surface area contributed by atoms with Crippen molar-refractivity contribution in [2.24, 2.45) is 0 Å². The van der Waals surface area contributed by atoms with Crippen LogP contribution >= 0.6 is 11.3 Å². The number of methoxy groups -OCH3 is 1. The molecule has 6 heteroatoms. The second kappa shape index (κ2) is 6.34. The van der Waals surface area contributed by atoms with E-state index in [1.807, 2.05) is 32.0 Å². The van der Waals surface area contributed by atoms with Gasteiger partial charge in [0.1, 0.15) is 17.9 Å². The number of benzene rings is 1. The summed E-state index contributed by atoms with van der Waals surface area (Å²) >= 11 is 1.61. The van der Waals surface area contributed by atoms with E-state index in [1.165, 1.54) is 0 Å². The first-order chi connectivity index (χ1) is 11.1. The molecule has 0 atom stereocenters. The summed E-state index contributed by atoms with van der Waals surface area (Å²) in [5, 5.41) is 4.07. The molecule has 0 spiro atoms. The van der Waals surface area contributed by atoms with Crippen molar-refractivity contribution in [2.75, 3.05) is 12.4 Å². The van der Waals surface area contributed by atoms with E-state index in [0.717, 1.165) is 44.1 Å². The van der Waals surface area contributed by atoms with Gasteiger partial charge in [0.25, 0.3) is 0 Å². The Kier molecular flexibility index (Phi) is 4.25. The molecule has 1 N–H and O–H groups in total. The zero-order valence-corrected chi connectivity index (χ0v) is 14.4. The summed E-state index contributed by atoms with van der Waals surface area (Å²) in [6.45, 7) is 6.04. The molecule has 3 aromatic rings. The van der Waals surface area contributed by atoms with Crippen LogP contribution in [-0.4, -0.2) is 22.1 Å². The maximum atomic E-state index is 5.32. The van der Waals surface area contributed by atoms with E-state index >= 15 is 0 Å². The Morgan fingerprint density at radius 2 is 1.91 bits per heavy atom. The average molecular weight is 326 g/mol. The first-order valence-electron chi connectivity index (χ1n) is 7.25. The van der Waals surface area contributed by atoms with Crippen LogP contribution in [0.1, 0.15) is 16.1 Å². The average Bonchev–Trinajstić information content (AvgIpc) is 2.87. The van der Waals surface area contributed by atoms with Gasteiger partial charge in [-0.3, -0.25) is 0 Å². The fourth-order valence-electron chi connectivity index (χ4n) is 2.38. The highest BCUT2D eigenvalue weighted by Crippen LogP contribution is 2.33. The number of nitrogens with zero attached hydrogens (tertiary/aromatic N) is 3. The van der Waals surface area contributed by atoms with E-state index in [0.29, 0.717) is 0 Å². The summed E-state index contributed by atoms with van der Waals surface area (Å²) < 4.78 is 5.32. The molecule has 0 fully saturated rings. The number of aromatic nitrogens is 3. The first-order valence-corrected chi connectivity index (χ1v) is 8.06. The Morgan fingerprint density at radius 3 is 2.61 bits per heavy atom. The number of ether oxygens (including phenoxy) is 1. The third kappa shape index (κ3) is 3.32. The molecule has 0 saturated carbocycles. The third-order valence-corrected chi connectivity index (χ3v) is 4.39. The van der Waals surface area contributed by atoms with Crippen molar-refractivity contribution in [2.45, 2.75) is 20.8 Å². The fraction of sp³-hybridized carbons (Fsp3) is 0.235. The number of hydrogen-bond donors (Lipinski definition) is 1. The summed E-state index contributed by atoms with van der Waals surface area (Å²) in [5.41, 5.74) is 4.08. The van der Waals surface area contributed by atoms with Crippen LogP contribution in [0.2, 0.25) is 0 Å². The molecular formula is C17H18N4OS. The minimum atomic E-state index is 0.753. The summed E-state index contributed by atoms with van der Waals surface area (Å²) in [7, 11) is 1.68. The van der Waals surface area contributed by atoms with E-state index in [4.69, 9.17) is 9.72 Å². The van der Waals surface area contributed by atoms with Gasteiger partial charge in [-0.1, -0.05) is 0 Å². The molecule has 118 valence electrons. The van der Waals surface area contributed by atoms with Crippen LogP contribution in [0.5, 0.6) is 5.75 Å². The first kappa shape index (κ1) is 15.4. The molecule has 0 aliphatic carbocycles. The zero-order valence-electron chi connectivity index (χ0n) is 13.5. The van der Waals surface area contributed by atoms with Gasteiger partial charge < -0.3 is 10.1 Å². The maximum Gasteiger partial charge on any atom is 0.189 e. The van der Waals surface area contributed by atoms with Crippen molar-refractivity contribution in [3.05, 3.63) is 46.7 Å². The lowest BCUT2D eigenvalue weighted by Gasteiger charge is -2.06. The highest BCUT2D eigenvalue weighted by molar-refractivity contribution is 7.16. The van der Waals surface area contributed by atoms with Gasteiger partial charge >= 0.3 is 0 Å². The SMILES string of the molecule is COc1ccc(-c2nc(Nc3cc(C)ncn3)sc2C)cc1C. The quantitative estimate of drug-likeness (QED) is 0.775. The molecule has 1 aromatic carbocycles. The number of rotatable bonds is 4. The van der Waals surface area contributed by atoms with Gasteiger partial charge in [0.05, 0.1) is 12.8 Å². The Hall–Kier alpha value is -2.47. The van der Waals surface area contributed by atoms with Crippen molar-refractivity contribution >= 4 is 22.3 Å². The van der Waals surface area contributed by atoms with Crippen LogP contribution in [0.4, 0.5) is 10.9 Å². The van der Waals surface area contributed by atoms with Crippen molar-refractivity contribution in [1.29, 1.82) is 0 Å². The van der Waals surface area contributed by atoms with Crippen molar-refractivity contribution in [1.82, 2.24) is 15.0 Å². The Balaban J connectivity index is 1.90. The van der Waals surface area contributed by atoms with Crippen LogP contribution in [-0.2, 0) is 0 Å². The highest BCUT2D eigenvalue weighted by Gasteiger charge is 2.12. The van der Waals surface area contributed by atoms with E-state index in [9.17, 15) is 0 Å². The predicted molar refractivity (Wildman–Crippen MR) is 93.6 cm³/mol. The predicted octanol–water partition coefficient (Wildman–Crippen LogP) is 4.28. The lowest BCUT2D eigenvalue weighted by molar-refractivity contribution is 0.412. The van der Waals surface area contributed by atoms with Crippen LogP contribution in [0.3, 0.4) is 0 Å². The van der Waals surface area contributed by atoms with Gasteiger partial charge in [-0.05, 0) is 44.5 Å². The standard InChI is InChI=1S/C17H18N4OS/c1-10-7-13(5-6-14(10)22-4)16-12(3)23-17(21-16)20-15-8-11(2)18-9-19-15/h5-9H,1-4H3,(H,18,19,20,21). The van der Waals surface area contributed by atoms with Crippen LogP contribution in [0, 0.1) is 20.8 Å². The van der Waals surface area contributed by atoms with Gasteiger partial charge in [-0.15, -0.1) is 11.3 Å². The molecule has 0 radical (unpaired) electrons. The normalized spacial score (nSPS) is 10.6. The van der Waals surface area contributed by atoms with Crippen molar-refractivity contribution in [3.8, 4) is 17.0 Å². The molecule has 0 bridgehead atoms. The summed E-state index contributed by atoms with van der Waals surface area (Å²) in [4.78, 5) is 14.2. The zero-order chi connectivity index (χ0) is 16.4. The maximum absolute atomic E-state index is 5.32. The number of hydrogen-bond acceptors (Lipinski definition) is 6. The summed E-state index contributed by atoms with van der Waals surface area (Å²) in [5.74, 6) is 1.64. The smallest absolute Gasteiger partial charge is 0.189 e. The molecule has 2 heterocycles. The largest absolute Gasteiger partial charge is 0.496 e. The Labute approximate surface area is 139 Å². The fourth-order valence-corrected chi connectivity index (χ4v) is 3.22. The van der Waals surface area contributed by atoms with Crippen LogP contribution in [0.15, 0.2) is 30.6 Å². The van der Waals surface area contributed by atoms with Gasteiger partial charge in [-0.2, -0.15) is 0 Å². The van der Waals surface area contributed by atoms with Crippen LogP contribution < -0.4 is 10.1 Å². The topological polar surface area (TPSA) is 59.9 Å². The van der Waals surface area contributed by atoms with Gasteiger partial charge in [0.15, 0.2) is 5.13 Å². The van der Waals surface area contributed by atoms with Gasteiger partial charge in [0, 0.05) is 22.2 Å². The second-order valence-electron chi connectivity index (χ2n) is 5.28. The van der Waals surface area contributed by atoms with Gasteiger partial charge in [-0.25, -0.2) is 15.0 Å². The lowest BCUT2D eigenvalue weighted by atomic mass is 10.1. The minimum Gasteiger partial charge on any atom is -0.496 e. The van der Waals surface area contributed by atoms with Gasteiger partial charge in [0.2, 0.25) is 0 Å². The second-order valence-corrected chi connectivity index (χ2v) is 6.48. The molecule has 0 saturated heterocycles. The molecule has 0 amide bonds. The molecule has 23 heavy (non-hydrogen) atoms. The third-order valence-electron chi connectivity index (χ3n) is 3.50. The number of nitrogens with one attached hydrogen (secondary N) is 1. The molecule has 2 aromatic heterocycles. The minimum absolute atomic E-state index is 0.753. The molecule has 5 nitrogen and oxygen atoms in total. The molecule has 0 aliphatic heterocycles. The molecule has 0 unspecified atom stereocenters. The lowest BCUT2D eigenvalue weighted by Crippen LogP contribution is -1.94. The number of aryl methyl sites for hydroxylation is 3. The monoisotopic (exact) mass is 326 g/mol. The van der Waals surface area contributed by atoms with Crippen molar-refractivity contribution in [3.63, 3.8) is 0 Å².